The Balaban J connectivity index is 1.89. The van der Waals surface area contributed by atoms with Crippen molar-refractivity contribution >= 4 is 5.91 Å². The molecule has 0 radical (unpaired) electrons. The second kappa shape index (κ2) is 18.2. The first-order valence-corrected chi connectivity index (χ1v) is 15.5. The monoisotopic (exact) mass is 557 g/mol. The molecule has 1 N–H and O–H groups in total. The molecule has 0 aliphatic rings. The van der Waals surface area contributed by atoms with Crippen LogP contribution in [0.2, 0.25) is 0 Å². The van der Waals surface area contributed by atoms with E-state index in [1.54, 1.807) is 6.08 Å². The van der Waals surface area contributed by atoms with Gasteiger partial charge in [0, 0.05) is 6.42 Å². The molecule has 0 aliphatic heterocycles. The van der Waals surface area contributed by atoms with Crippen molar-refractivity contribution < 1.29 is 13.9 Å². The molecule has 0 spiro atoms. The number of carbonyl (C=O) groups excluding carboxylic acids is 1. The van der Waals surface area contributed by atoms with Crippen LogP contribution in [0, 0.1) is 0 Å². The van der Waals surface area contributed by atoms with Crippen molar-refractivity contribution in [3.05, 3.63) is 120 Å². The van der Waals surface area contributed by atoms with Crippen LogP contribution in [0.3, 0.4) is 0 Å². The minimum atomic E-state index is -1.36. The Morgan fingerprint density at radius 3 is 1.76 bits per heavy atom. The summed E-state index contributed by atoms with van der Waals surface area (Å²) in [7, 11) is 0. The normalized spacial score (nSPS) is 13.2. The van der Waals surface area contributed by atoms with Gasteiger partial charge < -0.3 is 10.1 Å². The molecule has 0 unspecified atom stereocenters. The van der Waals surface area contributed by atoms with E-state index in [2.05, 4.69) is 19.2 Å². The quantitative estimate of drug-likeness (QED) is 0.0906. The van der Waals surface area contributed by atoms with Crippen molar-refractivity contribution in [2.75, 3.05) is 6.61 Å². The first kappa shape index (κ1) is 32.3. The summed E-state index contributed by atoms with van der Waals surface area (Å²) in [5.41, 5.74) is 1.87. The number of hydrogen-bond donors (Lipinski definition) is 1. The van der Waals surface area contributed by atoms with Gasteiger partial charge in [0.25, 0.3) is 0 Å². The predicted molar refractivity (Wildman–Crippen MR) is 169 cm³/mol. The van der Waals surface area contributed by atoms with Crippen molar-refractivity contribution in [1.82, 2.24) is 5.32 Å². The van der Waals surface area contributed by atoms with E-state index < -0.39 is 17.8 Å². The smallest absolute Gasteiger partial charge is 0.220 e. The fourth-order valence-corrected chi connectivity index (χ4v) is 5.24. The van der Waals surface area contributed by atoms with Crippen molar-refractivity contribution in [3.8, 4) is 0 Å². The number of unbranched alkanes of at least 4 members (excludes halogenated alkanes) is 7. The molecule has 0 saturated heterocycles. The van der Waals surface area contributed by atoms with E-state index in [4.69, 9.17) is 4.74 Å². The molecule has 2 atom stereocenters. The topological polar surface area (TPSA) is 38.3 Å². The molecular formula is C37H48FNO2. The summed E-state index contributed by atoms with van der Waals surface area (Å²) in [6, 6.07) is 29.4. The van der Waals surface area contributed by atoms with E-state index in [0.29, 0.717) is 6.42 Å². The van der Waals surface area contributed by atoms with Crippen molar-refractivity contribution in [2.45, 2.75) is 95.9 Å². The number of hydrogen-bond acceptors (Lipinski definition) is 2. The van der Waals surface area contributed by atoms with E-state index in [0.717, 1.165) is 55.2 Å². The van der Waals surface area contributed by atoms with Gasteiger partial charge in [-0.1, -0.05) is 156 Å². The standard InChI is InChI=1S/C37H48FNO2/c1-3-5-7-8-9-10-21-28-34(38)35(39-36(40)29-14-6-4-2)30-41-37(31-22-15-11-16-23-31,32-24-17-12-18-25-32)33-26-19-13-20-27-33/h11-13,15-28,34-35H,3-10,14,29-30H2,1-2H3,(H,39,40)/b28-21+/t34-,35-/m0/s1. The van der Waals surface area contributed by atoms with Gasteiger partial charge in [0.05, 0.1) is 12.6 Å². The number of ether oxygens (including phenoxy) is 1. The van der Waals surface area contributed by atoms with Crippen LogP contribution in [0.25, 0.3) is 0 Å². The van der Waals surface area contributed by atoms with E-state index >= 15 is 4.39 Å². The Morgan fingerprint density at radius 2 is 1.24 bits per heavy atom. The molecule has 3 nitrogen and oxygen atoms in total. The molecule has 4 heteroatoms. The predicted octanol–water partition coefficient (Wildman–Crippen LogP) is 9.32. The molecule has 0 heterocycles. The number of halogens is 1. The lowest BCUT2D eigenvalue weighted by Gasteiger charge is -2.37. The maximum Gasteiger partial charge on any atom is 0.220 e. The van der Waals surface area contributed by atoms with E-state index in [9.17, 15) is 4.79 Å². The second-order valence-electron chi connectivity index (χ2n) is 10.8. The zero-order valence-electron chi connectivity index (χ0n) is 24.9. The van der Waals surface area contributed by atoms with Crippen LogP contribution in [-0.2, 0) is 15.1 Å². The maximum atomic E-state index is 15.8. The van der Waals surface area contributed by atoms with Gasteiger partial charge in [0.1, 0.15) is 11.8 Å². The van der Waals surface area contributed by atoms with E-state index in [1.165, 1.54) is 19.3 Å². The molecule has 220 valence electrons. The lowest BCUT2D eigenvalue weighted by molar-refractivity contribution is -0.123. The molecule has 1 amide bonds. The molecule has 0 saturated carbocycles. The molecular weight excluding hydrogens is 509 g/mol. The van der Waals surface area contributed by atoms with Crippen molar-refractivity contribution in [1.29, 1.82) is 0 Å². The number of rotatable bonds is 19. The van der Waals surface area contributed by atoms with Crippen LogP contribution in [0.1, 0.15) is 94.7 Å². The van der Waals surface area contributed by atoms with Gasteiger partial charge in [0.2, 0.25) is 5.91 Å². The van der Waals surface area contributed by atoms with Crippen LogP contribution in [-0.4, -0.2) is 24.7 Å². The highest BCUT2D eigenvalue weighted by Gasteiger charge is 2.39. The van der Waals surface area contributed by atoms with Crippen LogP contribution in [0.5, 0.6) is 0 Å². The average Bonchev–Trinajstić information content (AvgIpc) is 3.02. The molecule has 3 rings (SSSR count). The first-order chi connectivity index (χ1) is 20.1. The van der Waals surface area contributed by atoms with Gasteiger partial charge in [0.15, 0.2) is 0 Å². The van der Waals surface area contributed by atoms with Crippen molar-refractivity contribution in [3.63, 3.8) is 0 Å². The molecule has 0 bridgehead atoms. The summed E-state index contributed by atoms with van der Waals surface area (Å²) in [4.78, 5) is 12.9. The minimum absolute atomic E-state index is 0.0141. The third-order valence-corrected chi connectivity index (χ3v) is 7.55. The van der Waals surface area contributed by atoms with Gasteiger partial charge in [-0.05, 0) is 36.0 Å². The summed E-state index contributed by atoms with van der Waals surface area (Å²) in [6.07, 6.45) is 12.1. The SMILES string of the molecule is CCCCCCC/C=C/[C@H](F)[C@H](COC(c1ccccc1)(c1ccccc1)c1ccccc1)NC(=O)CCCCC. The Morgan fingerprint density at radius 1 is 0.756 bits per heavy atom. The van der Waals surface area contributed by atoms with E-state index in [-0.39, 0.29) is 12.5 Å². The fourth-order valence-electron chi connectivity index (χ4n) is 5.24. The summed E-state index contributed by atoms with van der Waals surface area (Å²) in [5, 5.41) is 2.98. The lowest BCUT2D eigenvalue weighted by Crippen LogP contribution is -2.46. The van der Waals surface area contributed by atoms with Crippen LogP contribution >= 0.6 is 0 Å². The summed E-state index contributed by atoms with van der Waals surface area (Å²) < 4.78 is 22.7. The molecule has 41 heavy (non-hydrogen) atoms. The number of carbonyl (C=O) groups is 1. The second-order valence-corrected chi connectivity index (χ2v) is 10.8. The lowest BCUT2D eigenvalue weighted by atomic mass is 9.80. The Kier molecular flexibility index (Phi) is 14.4. The average molecular weight is 558 g/mol. The summed E-state index contributed by atoms with van der Waals surface area (Å²) in [5.74, 6) is -0.132. The Labute approximate surface area is 247 Å². The third kappa shape index (κ3) is 9.97. The molecule has 0 aliphatic carbocycles. The van der Waals surface area contributed by atoms with Gasteiger partial charge in [-0.2, -0.15) is 0 Å². The van der Waals surface area contributed by atoms with Crippen LogP contribution < -0.4 is 5.32 Å². The highest BCUT2D eigenvalue weighted by Crippen LogP contribution is 2.40. The molecule has 3 aromatic rings. The first-order valence-electron chi connectivity index (χ1n) is 15.5. The molecule has 0 aromatic heterocycles. The van der Waals surface area contributed by atoms with Crippen LogP contribution in [0.15, 0.2) is 103 Å². The van der Waals surface area contributed by atoms with Crippen molar-refractivity contribution in [2.24, 2.45) is 0 Å². The Bertz CT molecular complexity index is 1040. The fraction of sp³-hybridized carbons (Fsp3) is 0.432. The zero-order chi connectivity index (χ0) is 29.2. The highest BCUT2D eigenvalue weighted by atomic mass is 19.1. The summed E-state index contributed by atoms with van der Waals surface area (Å²) >= 11 is 0. The van der Waals surface area contributed by atoms with Gasteiger partial charge in [-0.25, -0.2) is 4.39 Å². The van der Waals surface area contributed by atoms with Gasteiger partial charge >= 0.3 is 0 Å². The number of allylic oxidation sites excluding steroid dienone is 1. The Hall–Kier alpha value is -3.24. The third-order valence-electron chi connectivity index (χ3n) is 7.55. The number of benzene rings is 3. The minimum Gasteiger partial charge on any atom is -0.359 e. The van der Waals surface area contributed by atoms with E-state index in [1.807, 2.05) is 97.1 Å². The number of amides is 1. The zero-order valence-corrected chi connectivity index (χ0v) is 24.9. The van der Waals surface area contributed by atoms with Gasteiger partial charge in [-0.3, -0.25) is 4.79 Å². The number of alkyl halides is 1. The van der Waals surface area contributed by atoms with Gasteiger partial charge in [-0.15, -0.1) is 0 Å². The maximum absolute atomic E-state index is 15.8. The highest BCUT2D eigenvalue weighted by molar-refractivity contribution is 5.76. The number of nitrogens with one attached hydrogen (secondary N) is 1. The largest absolute Gasteiger partial charge is 0.359 e. The van der Waals surface area contributed by atoms with Crippen LogP contribution in [0.4, 0.5) is 4.39 Å². The summed E-state index contributed by atoms with van der Waals surface area (Å²) in [6.45, 7) is 4.32. The molecule has 3 aromatic carbocycles. The molecule has 0 fully saturated rings.